The van der Waals surface area contributed by atoms with Crippen molar-refractivity contribution < 1.29 is 14.6 Å². The summed E-state index contributed by atoms with van der Waals surface area (Å²) in [7, 11) is 0. The number of esters is 1. The lowest BCUT2D eigenvalue weighted by molar-refractivity contribution is -0.145. The SMILES string of the molecule is C[C@H]1CCC=C2C[C@H]3OC(=O)C(CN4CCN(c5ccc(C#N)cc5)CC4)[C@H]3[C@H](O)[C@@]21C. The van der Waals surface area contributed by atoms with Crippen molar-refractivity contribution in [1.29, 1.82) is 5.26 Å². The Labute approximate surface area is 190 Å². The largest absolute Gasteiger partial charge is 0.461 e. The molecule has 1 unspecified atom stereocenters. The molecule has 1 aromatic rings. The summed E-state index contributed by atoms with van der Waals surface area (Å²) in [4.78, 5) is 17.6. The van der Waals surface area contributed by atoms with Gasteiger partial charge >= 0.3 is 5.97 Å². The maximum Gasteiger partial charge on any atom is 0.311 e. The molecule has 6 atom stereocenters. The Bertz CT molecular complexity index is 944. The molecule has 4 aliphatic rings. The average Bonchev–Trinajstić information content (AvgIpc) is 3.11. The molecule has 6 heteroatoms. The van der Waals surface area contributed by atoms with Gasteiger partial charge in [0.15, 0.2) is 0 Å². The molecule has 0 spiro atoms. The summed E-state index contributed by atoms with van der Waals surface area (Å²) in [5, 5.41) is 20.5. The lowest BCUT2D eigenvalue weighted by atomic mass is 9.55. The fourth-order valence-corrected chi connectivity index (χ4v) is 6.49. The minimum absolute atomic E-state index is 0.123. The van der Waals surface area contributed by atoms with Crippen LogP contribution < -0.4 is 4.90 Å². The molecule has 0 bridgehead atoms. The number of ether oxygens (including phenoxy) is 1. The number of benzene rings is 1. The summed E-state index contributed by atoms with van der Waals surface area (Å²) < 4.78 is 5.83. The van der Waals surface area contributed by atoms with Gasteiger partial charge in [0.1, 0.15) is 6.10 Å². The summed E-state index contributed by atoms with van der Waals surface area (Å²) >= 11 is 0. The van der Waals surface area contributed by atoms with Crippen LogP contribution in [0.5, 0.6) is 0 Å². The van der Waals surface area contributed by atoms with Crippen LogP contribution in [0.1, 0.15) is 38.7 Å². The molecule has 170 valence electrons. The van der Waals surface area contributed by atoms with Gasteiger partial charge in [-0.3, -0.25) is 9.69 Å². The third-order valence-corrected chi connectivity index (χ3v) is 8.76. The molecule has 2 heterocycles. The van der Waals surface area contributed by atoms with E-state index < -0.39 is 6.10 Å². The quantitative estimate of drug-likeness (QED) is 0.581. The molecule has 1 aromatic carbocycles. The number of aliphatic hydroxyl groups is 1. The number of anilines is 1. The van der Waals surface area contributed by atoms with Gasteiger partial charge in [-0.15, -0.1) is 0 Å². The highest BCUT2D eigenvalue weighted by molar-refractivity contribution is 5.76. The van der Waals surface area contributed by atoms with Crippen molar-refractivity contribution in [2.75, 3.05) is 37.6 Å². The molecule has 2 saturated heterocycles. The van der Waals surface area contributed by atoms with Gasteiger partial charge in [-0.1, -0.05) is 25.5 Å². The van der Waals surface area contributed by atoms with Gasteiger partial charge in [-0.05, 0) is 43.0 Å². The first-order valence-corrected chi connectivity index (χ1v) is 12.0. The zero-order valence-electron chi connectivity index (χ0n) is 19.0. The van der Waals surface area contributed by atoms with E-state index in [1.807, 2.05) is 24.3 Å². The van der Waals surface area contributed by atoms with E-state index in [0.717, 1.165) is 51.1 Å². The second-order valence-electron chi connectivity index (χ2n) is 10.2. The molecule has 2 aliphatic carbocycles. The van der Waals surface area contributed by atoms with Crippen LogP contribution in [0.3, 0.4) is 0 Å². The minimum atomic E-state index is -0.542. The van der Waals surface area contributed by atoms with Gasteiger partial charge in [-0.2, -0.15) is 5.26 Å². The van der Waals surface area contributed by atoms with E-state index in [1.165, 1.54) is 5.57 Å². The highest BCUT2D eigenvalue weighted by Gasteiger charge is 2.59. The van der Waals surface area contributed by atoms with Crippen molar-refractivity contribution in [2.24, 2.45) is 23.2 Å². The van der Waals surface area contributed by atoms with E-state index >= 15 is 0 Å². The van der Waals surface area contributed by atoms with Gasteiger partial charge in [0.05, 0.1) is 23.7 Å². The standard InChI is InChI=1S/C26H33N3O3/c1-17-4-3-5-19-14-22-23(24(30)26(17,19)2)21(25(31)32-22)16-28-10-12-29(13-11-28)20-8-6-18(15-27)7-9-20/h5-9,17,21-24,30H,3-4,10-14,16H2,1-2H3/t17-,21?,22+,23+,24-,26+/m0/s1. The second-order valence-corrected chi connectivity index (χ2v) is 10.2. The molecule has 5 rings (SSSR count). The second kappa shape index (κ2) is 8.20. The number of nitriles is 1. The fraction of sp³-hybridized carbons (Fsp3) is 0.615. The molecular formula is C26H33N3O3. The van der Waals surface area contributed by atoms with E-state index in [-0.39, 0.29) is 29.3 Å². The first-order chi connectivity index (χ1) is 15.4. The maximum atomic E-state index is 12.9. The summed E-state index contributed by atoms with van der Waals surface area (Å²) in [6, 6.07) is 9.88. The Morgan fingerprint density at radius 1 is 1.22 bits per heavy atom. The van der Waals surface area contributed by atoms with Crippen molar-refractivity contribution in [2.45, 2.75) is 45.3 Å². The zero-order chi connectivity index (χ0) is 22.5. The molecule has 32 heavy (non-hydrogen) atoms. The molecule has 0 amide bonds. The number of aliphatic hydroxyl groups excluding tert-OH is 1. The number of carbonyl (C=O) groups is 1. The monoisotopic (exact) mass is 435 g/mol. The van der Waals surface area contributed by atoms with Crippen LogP contribution in [0.15, 0.2) is 35.9 Å². The van der Waals surface area contributed by atoms with Crippen LogP contribution in [0.25, 0.3) is 0 Å². The van der Waals surface area contributed by atoms with Crippen molar-refractivity contribution in [3.8, 4) is 6.07 Å². The third kappa shape index (κ3) is 3.43. The number of allylic oxidation sites excluding steroid dienone is 1. The fourth-order valence-electron chi connectivity index (χ4n) is 6.49. The zero-order valence-corrected chi connectivity index (χ0v) is 19.0. The Balaban J connectivity index is 1.26. The Hall–Kier alpha value is -2.36. The van der Waals surface area contributed by atoms with E-state index in [9.17, 15) is 9.90 Å². The number of hydrogen-bond acceptors (Lipinski definition) is 6. The van der Waals surface area contributed by atoms with Gasteiger partial charge in [0.2, 0.25) is 0 Å². The molecule has 6 nitrogen and oxygen atoms in total. The number of piperazine rings is 1. The maximum absolute atomic E-state index is 12.9. The molecule has 3 fully saturated rings. The third-order valence-electron chi connectivity index (χ3n) is 8.76. The first-order valence-electron chi connectivity index (χ1n) is 12.0. The van der Waals surface area contributed by atoms with Gasteiger partial charge in [0.25, 0.3) is 0 Å². The van der Waals surface area contributed by atoms with Gasteiger partial charge < -0.3 is 14.7 Å². The Morgan fingerprint density at radius 2 is 1.94 bits per heavy atom. The number of hydrogen-bond donors (Lipinski definition) is 1. The predicted molar refractivity (Wildman–Crippen MR) is 122 cm³/mol. The lowest BCUT2D eigenvalue weighted by Crippen LogP contribution is -2.55. The normalized spacial score (nSPS) is 37.2. The molecule has 1 saturated carbocycles. The first kappa shape index (κ1) is 21.5. The topological polar surface area (TPSA) is 76.8 Å². The van der Waals surface area contributed by atoms with E-state index in [1.54, 1.807) is 0 Å². The number of fused-ring (bicyclic) bond motifs is 2. The predicted octanol–water partition coefficient (Wildman–Crippen LogP) is 2.97. The minimum Gasteiger partial charge on any atom is -0.461 e. The number of carbonyl (C=O) groups excluding carboxylic acids is 1. The summed E-state index contributed by atoms with van der Waals surface area (Å²) in [6.07, 6.45) is 4.47. The molecule has 0 aromatic heterocycles. The van der Waals surface area contributed by atoms with E-state index in [2.05, 4.69) is 35.8 Å². The lowest BCUT2D eigenvalue weighted by Gasteiger charge is -2.52. The van der Waals surface area contributed by atoms with Gasteiger partial charge in [-0.25, -0.2) is 0 Å². The average molecular weight is 436 g/mol. The summed E-state index contributed by atoms with van der Waals surface area (Å²) in [5.74, 6) is -0.111. The van der Waals surface area contributed by atoms with Crippen LogP contribution >= 0.6 is 0 Å². The molecule has 2 aliphatic heterocycles. The van der Waals surface area contributed by atoms with Gasteiger partial charge in [0, 0.05) is 56.2 Å². The van der Waals surface area contributed by atoms with Crippen LogP contribution in [0, 0.1) is 34.5 Å². The molecule has 1 N–H and O–H groups in total. The van der Waals surface area contributed by atoms with Crippen molar-refractivity contribution in [3.05, 3.63) is 41.5 Å². The summed E-state index contributed by atoms with van der Waals surface area (Å²) in [6.45, 7) is 8.59. The van der Waals surface area contributed by atoms with Crippen molar-refractivity contribution in [1.82, 2.24) is 4.90 Å². The highest BCUT2D eigenvalue weighted by Crippen LogP contribution is 2.56. The summed E-state index contributed by atoms with van der Waals surface area (Å²) in [5.41, 5.74) is 2.84. The van der Waals surface area contributed by atoms with Crippen molar-refractivity contribution >= 4 is 11.7 Å². The highest BCUT2D eigenvalue weighted by atomic mass is 16.6. The van der Waals surface area contributed by atoms with Crippen LogP contribution in [0.2, 0.25) is 0 Å². The molecule has 0 radical (unpaired) electrons. The molecular weight excluding hydrogens is 402 g/mol. The Kier molecular flexibility index (Phi) is 5.51. The van der Waals surface area contributed by atoms with Crippen LogP contribution in [-0.4, -0.2) is 60.9 Å². The van der Waals surface area contributed by atoms with Crippen LogP contribution in [0.4, 0.5) is 5.69 Å². The Morgan fingerprint density at radius 3 is 2.62 bits per heavy atom. The number of nitrogens with zero attached hydrogens (tertiary/aromatic N) is 3. The van der Waals surface area contributed by atoms with E-state index in [4.69, 9.17) is 10.00 Å². The smallest absolute Gasteiger partial charge is 0.311 e. The van der Waals surface area contributed by atoms with E-state index in [0.29, 0.717) is 18.0 Å². The van der Waals surface area contributed by atoms with Crippen molar-refractivity contribution in [3.63, 3.8) is 0 Å². The number of rotatable bonds is 3. The van der Waals surface area contributed by atoms with Crippen LogP contribution in [-0.2, 0) is 9.53 Å².